The molecule has 0 unspecified atom stereocenters. The number of hydrogen-bond acceptors (Lipinski definition) is 1. The summed E-state index contributed by atoms with van der Waals surface area (Å²) in [6.45, 7) is 6.20. The Labute approximate surface area is 73.3 Å². The molecule has 12 heavy (non-hydrogen) atoms. The molecular formula is C9H17N2O+. The summed E-state index contributed by atoms with van der Waals surface area (Å²) in [5, 5.41) is 8.75. The summed E-state index contributed by atoms with van der Waals surface area (Å²) in [7, 11) is 0. The molecule has 0 aromatic carbocycles. The van der Waals surface area contributed by atoms with Crippen LogP contribution in [-0.2, 0) is 13.1 Å². The minimum absolute atomic E-state index is 0.210. The standard InChI is InChI=1S/C9H17N2O/c1-3-4-10-5-6-11(7-8-12)9(10)2/h5-6,12H,3-4,7-8H2,1-2H3/q+1. The van der Waals surface area contributed by atoms with Crippen LogP contribution in [0.5, 0.6) is 0 Å². The third-order valence-electron chi connectivity index (χ3n) is 2.06. The van der Waals surface area contributed by atoms with E-state index in [1.807, 2.05) is 6.20 Å². The third kappa shape index (κ3) is 1.85. The Kier molecular flexibility index (Phi) is 3.29. The number of aliphatic hydroxyl groups is 1. The van der Waals surface area contributed by atoms with Crippen molar-refractivity contribution >= 4 is 0 Å². The number of imidazole rings is 1. The minimum atomic E-state index is 0.210. The molecule has 0 aliphatic carbocycles. The Morgan fingerprint density at radius 2 is 2.33 bits per heavy atom. The first-order valence-corrected chi connectivity index (χ1v) is 4.45. The second-order valence-corrected chi connectivity index (χ2v) is 2.96. The number of aliphatic hydroxyl groups excluding tert-OH is 1. The van der Waals surface area contributed by atoms with Crippen LogP contribution < -0.4 is 4.57 Å². The van der Waals surface area contributed by atoms with Crippen molar-refractivity contribution in [1.29, 1.82) is 0 Å². The summed E-state index contributed by atoms with van der Waals surface area (Å²) in [6, 6.07) is 0. The lowest BCUT2D eigenvalue weighted by molar-refractivity contribution is -0.702. The quantitative estimate of drug-likeness (QED) is 0.653. The number of aryl methyl sites for hydroxylation is 1. The van der Waals surface area contributed by atoms with Crippen molar-refractivity contribution < 1.29 is 9.67 Å². The van der Waals surface area contributed by atoms with Gasteiger partial charge in [-0.3, -0.25) is 0 Å². The molecule has 0 aliphatic heterocycles. The van der Waals surface area contributed by atoms with Gasteiger partial charge in [-0.2, -0.15) is 0 Å². The van der Waals surface area contributed by atoms with Crippen LogP contribution in [0.4, 0.5) is 0 Å². The third-order valence-corrected chi connectivity index (χ3v) is 2.06. The summed E-state index contributed by atoms with van der Waals surface area (Å²) < 4.78 is 4.27. The van der Waals surface area contributed by atoms with Gasteiger partial charge in [-0.05, 0) is 6.42 Å². The molecule has 0 bridgehead atoms. The molecule has 1 N–H and O–H groups in total. The zero-order valence-corrected chi connectivity index (χ0v) is 7.82. The fraction of sp³-hybridized carbons (Fsp3) is 0.667. The lowest BCUT2D eigenvalue weighted by Crippen LogP contribution is -2.35. The van der Waals surface area contributed by atoms with E-state index >= 15 is 0 Å². The molecule has 0 aliphatic rings. The van der Waals surface area contributed by atoms with Crippen LogP contribution in [-0.4, -0.2) is 16.3 Å². The van der Waals surface area contributed by atoms with Gasteiger partial charge in [0.25, 0.3) is 5.82 Å². The molecule has 0 saturated heterocycles. The molecule has 0 amide bonds. The predicted molar refractivity (Wildman–Crippen MR) is 46.7 cm³/mol. The Bertz CT molecular complexity index is 219. The van der Waals surface area contributed by atoms with E-state index in [0.29, 0.717) is 6.54 Å². The molecule has 3 nitrogen and oxygen atoms in total. The van der Waals surface area contributed by atoms with Gasteiger partial charge >= 0.3 is 0 Å². The first-order valence-electron chi connectivity index (χ1n) is 4.45. The zero-order chi connectivity index (χ0) is 8.97. The van der Waals surface area contributed by atoms with Crippen molar-refractivity contribution in [3.05, 3.63) is 18.2 Å². The highest BCUT2D eigenvalue weighted by Crippen LogP contribution is 1.93. The molecule has 0 radical (unpaired) electrons. The van der Waals surface area contributed by atoms with Crippen molar-refractivity contribution in [3.8, 4) is 0 Å². The SMILES string of the molecule is CCC[n+]1ccn(CCO)c1C. The lowest BCUT2D eigenvalue weighted by atomic mass is 10.4. The van der Waals surface area contributed by atoms with Gasteiger partial charge in [0, 0.05) is 6.92 Å². The largest absolute Gasteiger partial charge is 0.392 e. The maximum atomic E-state index is 8.75. The number of rotatable bonds is 4. The fourth-order valence-electron chi connectivity index (χ4n) is 1.36. The van der Waals surface area contributed by atoms with Crippen molar-refractivity contribution in [2.24, 2.45) is 0 Å². The van der Waals surface area contributed by atoms with Crippen molar-refractivity contribution in [2.75, 3.05) is 6.61 Å². The van der Waals surface area contributed by atoms with Gasteiger partial charge in [-0.25, -0.2) is 9.13 Å². The fourth-order valence-corrected chi connectivity index (χ4v) is 1.36. The molecule has 1 aromatic rings. The maximum absolute atomic E-state index is 8.75. The number of hydrogen-bond donors (Lipinski definition) is 1. The van der Waals surface area contributed by atoms with Gasteiger partial charge in [-0.15, -0.1) is 0 Å². The van der Waals surface area contributed by atoms with E-state index in [9.17, 15) is 0 Å². The second-order valence-electron chi connectivity index (χ2n) is 2.96. The maximum Gasteiger partial charge on any atom is 0.253 e. The molecular weight excluding hydrogens is 152 g/mol. The topological polar surface area (TPSA) is 29.0 Å². The van der Waals surface area contributed by atoms with E-state index in [1.54, 1.807) is 0 Å². The van der Waals surface area contributed by atoms with Crippen LogP contribution in [0, 0.1) is 6.92 Å². The van der Waals surface area contributed by atoms with Crippen LogP contribution in [0.25, 0.3) is 0 Å². The van der Waals surface area contributed by atoms with E-state index in [0.717, 1.165) is 13.0 Å². The van der Waals surface area contributed by atoms with Crippen LogP contribution in [0.1, 0.15) is 19.2 Å². The van der Waals surface area contributed by atoms with E-state index in [-0.39, 0.29) is 6.61 Å². The van der Waals surface area contributed by atoms with Crippen LogP contribution in [0.3, 0.4) is 0 Å². The van der Waals surface area contributed by atoms with Gasteiger partial charge in [0.15, 0.2) is 0 Å². The molecule has 1 aromatic heterocycles. The molecule has 0 fully saturated rings. The Morgan fingerprint density at radius 3 is 2.92 bits per heavy atom. The van der Waals surface area contributed by atoms with Crippen molar-refractivity contribution in [3.63, 3.8) is 0 Å². The highest BCUT2D eigenvalue weighted by molar-refractivity contribution is 4.79. The van der Waals surface area contributed by atoms with E-state index in [2.05, 4.69) is 29.2 Å². The molecule has 68 valence electrons. The highest BCUT2D eigenvalue weighted by Gasteiger charge is 2.09. The number of aromatic nitrogens is 2. The Morgan fingerprint density at radius 1 is 1.58 bits per heavy atom. The Hall–Kier alpha value is -0.830. The monoisotopic (exact) mass is 169 g/mol. The Balaban J connectivity index is 2.74. The molecule has 0 saturated carbocycles. The summed E-state index contributed by atoms with van der Waals surface area (Å²) >= 11 is 0. The van der Waals surface area contributed by atoms with Gasteiger partial charge in [0.1, 0.15) is 18.9 Å². The van der Waals surface area contributed by atoms with E-state index in [1.165, 1.54) is 5.82 Å². The molecule has 0 spiro atoms. The summed E-state index contributed by atoms with van der Waals surface area (Å²) in [6.07, 6.45) is 5.23. The normalized spacial score (nSPS) is 10.6. The van der Waals surface area contributed by atoms with Crippen LogP contribution in [0.2, 0.25) is 0 Å². The average Bonchev–Trinajstić information content (AvgIpc) is 2.38. The van der Waals surface area contributed by atoms with Gasteiger partial charge in [-0.1, -0.05) is 6.92 Å². The smallest absolute Gasteiger partial charge is 0.253 e. The second kappa shape index (κ2) is 4.26. The van der Waals surface area contributed by atoms with Crippen LogP contribution in [0.15, 0.2) is 12.4 Å². The zero-order valence-electron chi connectivity index (χ0n) is 7.82. The highest BCUT2D eigenvalue weighted by atomic mass is 16.3. The van der Waals surface area contributed by atoms with Crippen LogP contribution >= 0.6 is 0 Å². The van der Waals surface area contributed by atoms with Crippen molar-refractivity contribution in [1.82, 2.24) is 4.57 Å². The first-order chi connectivity index (χ1) is 5.79. The molecule has 1 heterocycles. The molecule has 1 rings (SSSR count). The number of nitrogens with zero attached hydrogens (tertiary/aromatic N) is 2. The van der Waals surface area contributed by atoms with Gasteiger partial charge < -0.3 is 5.11 Å². The molecule has 0 atom stereocenters. The van der Waals surface area contributed by atoms with Gasteiger partial charge in [0.05, 0.1) is 13.2 Å². The summed E-state index contributed by atoms with van der Waals surface area (Å²) in [4.78, 5) is 0. The minimum Gasteiger partial charge on any atom is -0.392 e. The lowest BCUT2D eigenvalue weighted by Gasteiger charge is -1.97. The summed E-state index contributed by atoms with van der Waals surface area (Å²) in [5.41, 5.74) is 0. The van der Waals surface area contributed by atoms with Gasteiger partial charge in [0.2, 0.25) is 0 Å². The van der Waals surface area contributed by atoms with Crippen molar-refractivity contribution in [2.45, 2.75) is 33.4 Å². The summed E-state index contributed by atoms with van der Waals surface area (Å²) in [5.74, 6) is 1.21. The molecule has 3 heteroatoms. The predicted octanol–water partition coefficient (Wildman–Crippen LogP) is 0.486. The average molecular weight is 169 g/mol. The van der Waals surface area contributed by atoms with E-state index < -0.39 is 0 Å². The van der Waals surface area contributed by atoms with E-state index in [4.69, 9.17) is 5.11 Å². The first kappa shape index (κ1) is 9.26.